The molecule has 110 valence electrons. The number of benzene rings is 1. The lowest BCUT2D eigenvalue weighted by Crippen LogP contribution is -2.51. The fourth-order valence-electron chi connectivity index (χ4n) is 3.18. The third-order valence-corrected chi connectivity index (χ3v) is 4.26. The molecule has 0 bridgehead atoms. The zero-order valence-corrected chi connectivity index (χ0v) is 12.4. The van der Waals surface area contributed by atoms with Crippen molar-refractivity contribution in [1.82, 2.24) is 10.2 Å². The van der Waals surface area contributed by atoms with Crippen molar-refractivity contribution in [1.29, 1.82) is 0 Å². The molecule has 1 amide bonds. The van der Waals surface area contributed by atoms with Crippen LogP contribution in [0.15, 0.2) is 24.3 Å². The van der Waals surface area contributed by atoms with Crippen molar-refractivity contribution >= 4 is 5.91 Å². The SMILES string of the molecule is CNC(=O)C1CCCCN1C(CN)c1ccccc1C. The molecule has 1 heterocycles. The summed E-state index contributed by atoms with van der Waals surface area (Å²) in [4.78, 5) is 14.4. The summed E-state index contributed by atoms with van der Waals surface area (Å²) in [5.74, 6) is 0.108. The molecule has 1 fully saturated rings. The number of nitrogens with one attached hydrogen (secondary N) is 1. The largest absolute Gasteiger partial charge is 0.358 e. The van der Waals surface area contributed by atoms with Gasteiger partial charge in [-0.15, -0.1) is 0 Å². The van der Waals surface area contributed by atoms with Crippen LogP contribution in [0.1, 0.15) is 36.4 Å². The first-order chi connectivity index (χ1) is 9.69. The van der Waals surface area contributed by atoms with Gasteiger partial charge in [0.05, 0.1) is 6.04 Å². The van der Waals surface area contributed by atoms with E-state index in [-0.39, 0.29) is 18.0 Å². The Balaban J connectivity index is 2.29. The van der Waals surface area contributed by atoms with E-state index in [0.717, 1.165) is 25.8 Å². The predicted octanol–water partition coefficient (Wildman–Crippen LogP) is 1.60. The van der Waals surface area contributed by atoms with Gasteiger partial charge in [0.1, 0.15) is 0 Å². The van der Waals surface area contributed by atoms with Crippen molar-refractivity contribution in [2.75, 3.05) is 20.1 Å². The molecule has 20 heavy (non-hydrogen) atoms. The zero-order chi connectivity index (χ0) is 14.5. The summed E-state index contributed by atoms with van der Waals surface area (Å²) < 4.78 is 0. The Kier molecular flexibility index (Phi) is 5.15. The Morgan fingerprint density at radius 3 is 2.85 bits per heavy atom. The van der Waals surface area contributed by atoms with Crippen molar-refractivity contribution in [3.63, 3.8) is 0 Å². The molecule has 0 radical (unpaired) electrons. The molecule has 0 spiro atoms. The number of nitrogens with zero attached hydrogens (tertiary/aromatic N) is 1. The molecular formula is C16H25N3O. The van der Waals surface area contributed by atoms with Crippen LogP contribution in [0.4, 0.5) is 0 Å². The second-order valence-corrected chi connectivity index (χ2v) is 5.47. The summed E-state index contributed by atoms with van der Waals surface area (Å²) in [5.41, 5.74) is 8.52. The van der Waals surface area contributed by atoms with Crippen molar-refractivity contribution in [3.05, 3.63) is 35.4 Å². The summed E-state index contributed by atoms with van der Waals surface area (Å²) in [6.45, 7) is 3.59. The summed E-state index contributed by atoms with van der Waals surface area (Å²) >= 11 is 0. The average Bonchev–Trinajstić information content (AvgIpc) is 2.49. The van der Waals surface area contributed by atoms with Gasteiger partial charge in [-0.05, 0) is 37.4 Å². The maximum Gasteiger partial charge on any atom is 0.237 e. The molecule has 1 aliphatic rings. The lowest BCUT2D eigenvalue weighted by atomic mass is 9.93. The highest BCUT2D eigenvalue weighted by Gasteiger charge is 2.33. The van der Waals surface area contributed by atoms with Crippen LogP contribution in [-0.4, -0.2) is 37.0 Å². The molecule has 3 N–H and O–H groups in total. The van der Waals surface area contributed by atoms with Gasteiger partial charge in [-0.25, -0.2) is 0 Å². The van der Waals surface area contributed by atoms with Crippen LogP contribution in [-0.2, 0) is 4.79 Å². The molecule has 4 heteroatoms. The highest BCUT2D eigenvalue weighted by Crippen LogP contribution is 2.29. The average molecular weight is 275 g/mol. The van der Waals surface area contributed by atoms with E-state index >= 15 is 0 Å². The lowest BCUT2D eigenvalue weighted by Gasteiger charge is -2.40. The van der Waals surface area contributed by atoms with E-state index < -0.39 is 0 Å². The number of likely N-dealkylation sites (tertiary alicyclic amines) is 1. The van der Waals surface area contributed by atoms with Crippen molar-refractivity contribution in [2.24, 2.45) is 5.73 Å². The van der Waals surface area contributed by atoms with Gasteiger partial charge in [0, 0.05) is 19.6 Å². The first-order valence-corrected chi connectivity index (χ1v) is 7.42. The van der Waals surface area contributed by atoms with E-state index in [2.05, 4.69) is 29.3 Å². The molecule has 2 rings (SSSR count). The first kappa shape index (κ1) is 15.0. The molecule has 0 saturated carbocycles. The maximum atomic E-state index is 12.1. The number of rotatable bonds is 4. The van der Waals surface area contributed by atoms with Crippen LogP contribution in [0.5, 0.6) is 0 Å². The summed E-state index contributed by atoms with van der Waals surface area (Å²) in [6.07, 6.45) is 3.16. The second kappa shape index (κ2) is 6.86. The zero-order valence-electron chi connectivity index (χ0n) is 12.4. The Morgan fingerprint density at radius 2 is 2.20 bits per heavy atom. The van der Waals surface area contributed by atoms with Crippen molar-refractivity contribution in [2.45, 2.75) is 38.3 Å². The number of carbonyl (C=O) groups excluding carboxylic acids is 1. The topological polar surface area (TPSA) is 58.4 Å². The van der Waals surface area contributed by atoms with E-state index in [1.165, 1.54) is 11.1 Å². The van der Waals surface area contributed by atoms with Gasteiger partial charge in [-0.2, -0.15) is 0 Å². The van der Waals surface area contributed by atoms with E-state index in [4.69, 9.17) is 5.73 Å². The highest BCUT2D eigenvalue weighted by atomic mass is 16.2. The van der Waals surface area contributed by atoms with Crippen LogP contribution < -0.4 is 11.1 Å². The van der Waals surface area contributed by atoms with Crippen LogP contribution in [0.3, 0.4) is 0 Å². The first-order valence-electron chi connectivity index (χ1n) is 7.42. The van der Waals surface area contributed by atoms with Gasteiger partial charge >= 0.3 is 0 Å². The smallest absolute Gasteiger partial charge is 0.237 e. The molecule has 1 aromatic rings. The standard InChI is InChI=1S/C16H25N3O/c1-12-7-3-4-8-13(12)15(11-17)19-10-6-5-9-14(19)16(20)18-2/h3-4,7-8,14-15H,5-6,9-11,17H2,1-2H3,(H,18,20). The Labute approximate surface area is 121 Å². The summed E-state index contributed by atoms with van der Waals surface area (Å²) in [6, 6.07) is 8.39. The molecule has 1 saturated heterocycles. The minimum Gasteiger partial charge on any atom is -0.358 e. The maximum absolute atomic E-state index is 12.1. The van der Waals surface area contributed by atoms with Gasteiger partial charge in [0.15, 0.2) is 0 Å². The van der Waals surface area contributed by atoms with Gasteiger partial charge in [-0.1, -0.05) is 30.7 Å². The molecule has 2 unspecified atom stereocenters. The predicted molar refractivity (Wildman–Crippen MR) is 81.4 cm³/mol. The Morgan fingerprint density at radius 1 is 1.45 bits per heavy atom. The number of aryl methyl sites for hydroxylation is 1. The van der Waals surface area contributed by atoms with Crippen molar-refractivity contribution < 1.29 is 4.79 Å². The normalized spacial score (nSPS) is 21.4. The molecular weight excluding hydrogens is 250 g/mol. The van der Waals surface area contributed by atoms with Crippen LogP contribution in [0.2, 0.25) is 0 Å². The lowest BCUT2D eigenvalue weighted by molar-refractivity contribution is -0.128. The number of amides is 1. The second-order valence-electron chi connectivity index (χ2n) is 5.47. The Hall–Kier alpha value is -1.39. The minimum absolute atomic E-state index is 0.0538. The molecule has 0 aromatic heterocycles. The fraction of sp³-hybridized carbons (Fsp3) is 0.562. The number of hydrogen-bond acceptors (Lipinski definition) is 3. The molecule has 4 nitrogen and oxygen atoms in total. The van der Waals surface area contributed by atoms with Gasteiger partial charge in [0.2, 0.25) is 5.91 Å². The van der Waals surface area contributed by atoms with E-state index in [1.807, 2.05) is 12.1 Å². The van der Waals surface area contributed by atoms with Gasteiger partial charge < -0.3 is 11.1 Å². The number of hydrogen-bond donors (Lipinski definition) is 2. The highest BCUT2D eigenvalue weighted by molar-refractivity contribution is 5.81. The minimum atomic E-state index is -0.0538. The number of piperidine rings is 1. The monoisotopic (exact) mass is 275 g/mol. The van der Waals surface area contributed by atoms with Crippen LogP contribution >= 0.6 is 0 Å². The Bertz CT molecular complexity index is 461. The summed E-state index contributed by atoms with van der Waals surface area (Å²) in [7, 11) is 1.71. The summed E-state index contributed by atoms with van der Waals surface area (Å²) in [5, 5.41) is 2.79. The number of nitrogens with two attached hydrogens (primary N) is 1. The molecule has 1 aromatic carbocycles. The van der Waals surface area contributed by atoms with Crippen molar-refractivity contribution in [3.8, 4) is 0 Å². The third kappa shape index (κ3) is 3.02. The van der Waals surface area contributed by atoms with Crippen LogP contribution in [0.25, 0.3) is 0 Å². The number of likely N-dealkylation sites (N-methyl/N-ethyl adjacent to an activating group) is 1. The van der Waals surface area contributed by atoms with E-state index in [9.17, 15) is 4.79 Å². The molecule has 1 aliphatic heterocycles. The molecule has 0 aliphatic carbocycles. The molecule has 2 atom stereocenters. The third-order valence-electron chi connectivity index (χ3n) is 4.26. The van der Waals surface area contributed by atoms with E-state index in [0.29, 0.717) is 6.54 Å². The van der Waals surface area contributed by atoms with E-state index in [1.54, 1.807) is 7.05 Å². The van der Waals surface area contributed by atoms with Crippen LogP contribution in [0, 0.1) is 6.92 Å². The van der Waals surface area contributed by atoms with Gasteiger partial charge in [-0.3, -0.25) is 9.69 Å². The van der Waals surface area contributed by atoms with Gasteiger partial charge in [0.25, 0.3) is 0 Å². The quantitative estimate of drug-likeness (QED) is 0.877. The fourth-order valence-corrected chi connectivity index (χ4v) is 3.18. The number of carbonyl (C=O) groups is 1.